The first-order valence-electron chi connectivity index (χ1n) is 10.5. The second kappa shape index (κ2) is 5.48. The van der Waals surface area contributed by atoms with Gasteiger partial charge >= 0.3 is 0 Å². The van der Waals surface area contributed by atoms with Crippen molar-refractivity contribution in [3.05, 3.63) is 47.6 Å². The number of hydrogen-bond acceptors (Lipinski definition) is 0. The van der Waals surface area contributed by atoms with Crippen molar-refractivity contribution in [2.75, 3.05) is 0 Å². The number of hydrogen-bond donors (Lipinski definition) is 0. The summed E-state index contributed by atoms with van der Waals surface area (Å²) in [4.78, 5) is 0. The van der Waals surface area contributed by atoms with E-state index in [0.29, 0.717) is 16.2 Å². The summed E-state index contributed by atoms with van der Waals surface area (Å²) in [6.07, 6.45) is 15.4. The Balaban J connectivity index is 1.75. The molecule has 0 N–H and O–H groups in total. The van der Waals surface area contributed by atoms with Gasteiger partial charge in [-0.15, -0.1) is 0 Å². The Labute approximate surface area is 155 Å². The molecule has 2 fully saturated rings. The maximum atomic E-state index is 4.52. The topological polar surface area (TPSA) is 0 Å². The van der Waals surface area contributed by atoms with Gasteiger partial charge in [0.1, 0.15) is 0 Å². The molecule has 0 bridgehead atoms. The van der Waals surface area contributed by atoms with E-state index in [2.05, 4.69) is 53.0 Å². The fraction of sp³-hybridized carbons (Fsp3) is 0.680. The van der Waals surface area contributed by atoms with E-state index < -0.39 is 0 Å². The van der Waals surface area contributed by atoms with Crippen molar-refractivity contribution in [3.63, 3.8) is 0 Å². The van der Waals surface area contributed by atoms with Crippen LogP contribution in [0.25, 0.3) is 0 Å². The molecule has 0 spiro atoms. The minimum absolute atomic E-state index is 0.326. The first kappa shape index (κ1) is 17.4. The average molecular weight is 337 g/mol. The molecular formula is C25H36. The van der Waals surface area contributed by atoms with Crippen molar-refractivity contribution in [1.29, 1.82) is 0 Å². The molecule has 0 aromatic carbocycles. The first-order valence-corrected chi connectivity index (χ1v) is 10.5. The van der Waals surface area contributed by atoms with Gasteiger partial charge in [-0.1, -0.05) is 75.3 Å². The molecule has 2 saturated carbocycles. The fourth-order valence-electron chi connectivity index (χ4n) is 7.17. The van der Waals surface area contributed by atoms with E-state index in [1.165, 1.54) is 56.1 Å². The van der Waals surface area contributed by atoms with Gasteiger partial charge in [0.2, 0.25) is 0 Å². The molecule has 2 unspecified atom stereocenters. The molecule has 0 nitrogen and oxygen atoms in total. The Morgan fingerprint density at radius 2 is 1.92 bits per heavy atom. The molecule has 4 aliphatic carbocycles. The molecule has 0 amide bonds. The number of allylic oxidation sites excluding steroid dienone is 6. The van der Waals surface area contributed by atoms with E-state index in [1.807, 2.05) is 0 Å². The standard InChI is InChI=1S/C25H36/c1-7-18(3)24(5)14-12-22-20-9-8-19-16-17(2)10-13-23(19,4)21(20)11-15-25(22,24)6/h11,16,20,22H,2-3,7-10,12-15H2,1,4-6H3/t20?,22?,23-,24+,25-/m0/s1. The maximum Gasteiger partial charge on any atom is 0.0101 e. The third-order valence-corrected chi connectivity index (χ3v) is 9.27. The predicted octanol–water partition coefficient (Wildman–Crippen LogP) is 7.40. The summed E-state index contributed by atoms with van der Waals surface area (Å²) in [5.41, 5.74) is 7.37. The van der Waals surface area contributed by atoms with E-state index in [9.17, 15) is 0 Å². The molecule has 0 aromatic heterocycles. The van der Waals surface area contributed by atoms with Gasteiger partial charge in [-0.2, -0.15) is 0 Å². The molecule has 25 heavy (non-hydrogen) atoms. The van der Waals surface area contributed by atoms with Gasteiger partial charge in [-0.05, 0) is 74.0 Å². The molecule has 136 valence electrons. The summed E-state index contributed by atoms with van der Waals surface area (Å²) in [5.74, 6) is 1.66. The number of fused-ring (bicyclic) bond motifs is 5. The second-order valence-electron chi connectivity index (χ2n) is 10.0. The lowest BCUT2D eigenvalue weighted by molar-refractivity contribution is 0.0483. The summed E-state index contributed by atoms with van der Waals surface area (Å²) < 4.78 is 0. The van der Waals surface area contributed by atoms with Gasteiger partial charge in [0, 0.05) is 5.41 Å². The molecule has 0 radical (unpaired) electrons. The van der Waals surface area contributed by atoms with Crippen LogP contribution < -0.4 is 0 Å². The molecule has 0 saturated heterocycles. The zero-order valence-corrected chi connectivity index (χ0v) is 16.9. The zero-order valence-electron chi connectivity index (χ0n) is 16.9. The fourth-order valence-corrected chi connectivity index (χ4v) is 7.17. The van der Waals surface area contributed by atoms with Crippen LogP contribution in [0.5, 0.6) is 0 Å². The lowest BCUT2D eigenvalue weighted by Gasteiger charge is -2.56. The maximum absolute atomic E-state index is 4.52. The highest BCUT2D eigenvalue weighted by Gasteiger charge is 2.60. The Kier molecular flexibility index (Phi) is 3.81. The third-order valence-electron chi connectivity index (χ3n) is 9.27. The molecule has 0 heteroatoms. The van der Waals surface area contributed by atoms with Gasteiger partial charge in [-0.25, -0.2) is 0 Å². The van der Waals surface area contributed by atoms with Crippen LogP contribution in [-0.4, -0.2) is 0 Å². The highest BCUT2D eigenvalue weighted by Crippen LogP contribution is 2.69. The predicted molar refractivity (Wildman–Crippen MR) is 108 cm³/mol. The lowest BCUT2D eigenvalue weighted by atomic mass is 9.48. The van der Waals surface area contributed by atoms with Crippen LogP contribution in [-0.2, 0) is 0 Å². The van der Waals surface area contributed by atoms with Gasteiger partial charge in [0.25, 0.3) is 0 Å². The van der Waals surface area contributed by atoms with Crippen molar-refractivity contribution < 1.29 is 0 Å². The van der Waals surface area contributed by atoms with E-state index in [1.54, 1.807) is 11.1 Å². The lowest BCUT2D eigenvalue weighted by Crippen LogP contribution is -2.47. The van der Waals surface area contributed by atoms with Gasteiger partial charge in [0.05, 0.1) is 0 Å². The molecule has 0 heterocycles. The zero-order chi connectivity index (χ0) is 18.0. The van der Waals surface area contributed by atoms with Crippen molar-refractivity contribution >= 4 is 0 Å². The highest BCUT2D eigenvalue weighted by molar-refractivity contribution is 5.43. The van der Waals surface area contributed by atoms with Gasteiger partial charge in [0.15, 0.2) is 0 Å². The normalized spacial score (nSPS) is 45.8. The molecule has 4 aliphatic rings. The van der Waals surface area contributed by atoms with Crippen molar-refractivity contribution in [3.8, 4) is 0 Å². The van der Waals surface area contributed by atoms with Crippen LogP contribution in [0.2, 0.25) is 0 Å². The summed E-state index contributed by atoms with van der Waals surface area (Å²) >= 11 is 0. The van der Waals surface area contributed by atoms with Crippen molar-refractivity contribution in [1.82, 2.24) is 0 Å². The van der Waals surface area contributed by atoms with Gasteiger partial charge in [-0.3, -0.25) is 0 Å². The quantitative estimate of drug-likeness (QED) is 0.461. The van der Waals surface area contributed by atoms with Crippen LogP contribution in [0, 0.1) is 28.1 Å². The SMILES string of the molecule is C=C1C=C2CCC3C(=CC[C@@]4(C)C3CC[C@]4(C)C(=C)CC)[C@@]2(C)CC1. The largest absolute Gasteiger partial charge is 0.0993 e. The van der Waals surface area contributed by atoms with E-state index in [0.717, 1.165) is 18.3 Å². The summed E-state index contributed by atoms with van der Waals surface area (Å²) in [5, 5.41) is 0. The summed E-state index contributed by atoms with van der Waals surface area (Å²) in [6, 6.07) is 0. The Bertz CT molecular complexity index is 689. The van der Waals surface area contributed by atoms with Crippen LogP contribution in [0.1, 0.15) is 79.1 Å². The first-order chi connectivity index (χ1) is 11.8. The molecule has 0 aliphatic heterocycles. The molecule has 0 aromatic rings. The third kappa shape index (κ3) is 2.12. The molecular weight excluding hydrogens is 300 g/mol. The van der Waals surface area contributed by atoms with Crippen molar-refractivity contribution in [2.45, 2.75) is 79.1 Å². The monoisotopic (exact) mass is 336 g/mol. The summed E-state index contributed by atoms with van der Waals surface area (Å²) in [7, 11) is 0. The Morgan fingerprint density at radius 1 is 1.16 bits per heavy atom. The Hall–Kier alpha value is -1.04. The van der Waals surface area contributed by atoms with Crippen LogP contribution in [0.4, 0.5) is 0 Å². The summed E-state index contributed by atoms with van der Waals surface area (Å²) in [6.45, 7) is 18.7. The number of rotatable bonds is 2. The van der Waals surface area contributed by atoms with Crippen molar-refractivity contribution in [2.24, 2.45) is 28.1 Å². The Morgan fingerprint density at radius 3 is 2.64 bits per heavy atom. The van der Waals surface area contributed by atoms with E-state index >= 15 is 0 Å². The minimum Gasteiger partial charge on any atom is -0.0993 e. The van der Waals surface area contributed by atoms with Crippen LogP contribution in [0.15, 0.2) is 47.6 Å². The van der Waals surface area contributed by atoms with E-state index in [-0.39, 0.29) is 0 Å². The van der Waals surface area contributed by atoms with Gasteiger partial charge < -0.3 is 0 Å². The minimum atomic E-state index is 0.326. The molecule has 5 atom stereocenters. The highest BCUT2D eigenvalue weighted by atomic mass is 14.6. The smallest absolute Gasteiger partial charge is 0.0101 e. The van der Waals surface area contributed by atoms with E-state index in [4.69, 9.17) is 0 Å². The second-order valence-corrected chi connectivity index (χ2v) is 10.0. The molecule has 4 rings (SSSR count). The van der Waals surface area contributed by atoms with Crippen LogP contribution in [0.3, 0.4) is 0 Å². The van der Waals surface area contributed by atoms with Crippen LogP contribution >= 0.6 is 0 Å². The average Bonchev–Trinajstić information content (AvgIpc) is 2.87.